The van der Waals surface area contributed by atoms with Gasteiger partial charge in [-0.05, 0) is 64.5 Å². The Hall–Kier alpha value is -1.56. The maximum absolute atomic E-state index is 2.44. The van der Waals surface area contributed by atoms with Crippen LogP contribution in [0.5, 0.6) is 0 Å². The van der Waals surface area contributed by atoms with Gasteiger partial charge in [0.15, 0.2) is 0 Å². The van der Waals surface area contributed by atoms with Crippen LogP contribution in [0.15, 0.2) is 36.4 Å². The third-order valence-corrected chi connectivity index (χ3v) is 4.75. The van der Waals surface area contributed by atoms with Crippen molar-refractivity contribution in [3.8, 4) is 11.1 Å². The van der Waals surface area contributed by atoms with Crippen LogP contribution in [0.1, 0.15) is 68.2 Å². The predicted molar refractivity (Wildman–Crippen MR) is 92.1 cm³/mol. The third-order valence-electron chi connectivity index (χ3n) is 4.75. The molecule has 0 unspecified atom stereocenters. The van der Waals surface area contributed by atoms with Crippen LogP contribution >= 0.6 is 0 Å². The van der Waals surface area contributed by atoms with E-state index in [1.54, 1.807) is 11.1 Å². The Morgan fingerprint density at radius 2 is 1.57 bits per heavy atom. The summed E-state index contributed by atoms with van der Waals surface area (Å²) >= 11 is 0. The standard InChI is InChI=1S/C21H26/c1-14(2)19-9-6-10-20(21(19)15(3)4)18-12-11-16-7-5-8-17(16)13-18/h6,9-15H,5,7-8H2,1-4H3. The van der Waals surface area contributed by atoms with Crippen LogP contribution in [0.4, 0.5) is 0 Å². The van der Waals surface area contributed by atoms with Gasteiger partial charge in [-0.25, -0.2) is 0 Å². The van der Waals surface area contributed by atoms with Crippen LogP contribution in [0.2, 0.25) is 0 Å². The Labute approximate surface area is 129 Å². The monoisotopic (exact) mass is 278 g/mol. The van der Waals surface area contributed by atoms with Crippen molar-refractivity contribution in [2.75, 3.05) is 0 Å². The molecular formula is C21H26. The fourth-order valence-electron chi connectivity index (χ4n) is 3.72. The van der Waals surface area contributed by atoms with Gasteiger partial charge in [-0.2, -0.15) is 0 Å². The van der Waals surface area contributed by atoms with E-state index >= 15 is 0 Å². The molecule has 0 aromatic heterocycles. The Balaban J connectivity index is 2.16. The SMILES string of the molecule is CC(C)c1cccc(-c2ccc3c(c2)CCC3)c1C(C)C. The second kappa shape index (κ2) is 5.67. The lowest BCUT2D eigenvalue weighted by atomic mass is 9.84. The molecular weight excluding hydrogens is 252 g/mol. The summed E-state index contributed by atoms with van der Waals surface area (Å²) in [5, 5.41) is 0. The van der Waals surface area contributed by atoms with Crippen molar-refractivity contribution in [2.24, 2.45) is 0 Å². The molecule has 0 radical (unpaired) electrons. The summed E-state index contributed by atoms with van der Waals surface area (Å²) in [6.45, 7) is 9.23. The minimum Gasteiger partial charge on any atom is -0.0613 e. The molecule has 0 nitrogen and oxygen atoms in total. The lowest BCUT2D eigenvalue weighted by molar-refractivity contribution is 0.792. The topological polar surface area (TPSA) is 0 Å². The lowest BCUT2D eigenvalue weighted by Crippen LogP contribution is -2.01. The second-order valence-corrected chi connectivity index (χ2v) is 6.95. The lowest BCUT2D eigenvalue weighted by Gasteiger charge is -2.21. The van der Waals surface area contributed by atoms with Crippen molar-refractivity contribution in [1.29, 1.82) is 0 Å². The molecule has 0 amide bonds. The zero-order chi connectivity index (χ0) is 15.0. The average molecular weight is 278 g/mol. The molecule has 21 heavy (non-hydrogen) atoms. The van der Waals surface area contributed by atoms with Gasteiger partial charge in [-0.15, -0.1) is 0 Å². The Morgan fingerprint density at radius 1 is 0.810 bits per heavy atom. The summed E-state index contributed by atoms with van der Waals surface area (Å²) in [5.41, 5.74) is 9.00. The summed E-state index contributed by atoms with van der Waals surface area (Å²) in [6.07, 6.45) is 3.84. The van der Waals surface area contributed by atoms with Crippen molar-refractivity contribution in [3.05, 3.63) is 58.7 Å². The molecule has 1 aliphatic rings. The van der Waals surface area contributed by atoms with Gasteiger partial charge >= 0.3 is 0 Å². The Morgan fingerprint density at radius 3 is 2.29 bits per heavy atom. The van der Waals surface area contributed by atoms with Gasteiger partial charge in [0.25, 0.3) is 0 Å². The van der Waals surface area contributed by atoms with Crippen molar-refractivity contribution in [3.63, 3.8) is 0 Å². The van der Waals surface area contributed by atoms with Gasteiger partial charge in [0.2, 0.25) is 0 Å². The predicted octanol–water partition coefficient (Wildman–Crippen LogP) is 6.09. The number of fused-ring (bicyclic) bond motifs is 1. The number of hydrogen-bond donors (Lipinski definition) is 0. The van der Waals surface area contributed by atoms with Crippen molar-refractivity contribution < 1.29 is 0 Å². The molecule has 0 bridgehead atoms. The van der Waals surface area contributed by atoms with Crippen LogP contribution in [-0.4, -0.2) is 0 Å². The number of benzene rings is 2. The highest BCUT2D eigenvalue weighted by Gasteiger charge is 2.17. The quantitative estimate of drug-likeness (QED) is 0.637. The molecule has 0 spiro atoms. The average Bonchev–Trinajstić information content (AvgIpc) is 2.93. The van der Waals surface area contributed by atoms with E-state index in [-0.39, 0.29) is 0 Å². The largest absolute Gasteiger partial charge is 0.0613 e. The number of hydrogen-bond acceptors (Lipinski definition) is 0. The molecule has 0 atom stereocenters. The summed E-state index contributed by atoms with van der Waals surface area (Å²) in [6, 6.07) is 13.9. The van der Waals surface area contributed by atoms with E-state index in [1.807, 2.05) is 0 Å². The van der Waals surface area contributed by atoms with E-state index in [0.717, 1.165) is 0 Å². The minimum atomic E-state index is 0.562. The second-order valence-electron chi connectivity index (χ2n) is 6.95. The van der Waals surface area contributed by atoms with E-state index < -0.39 is 0 Å². The maximum atomic E-state index is 2.44. The van der Waals surface area contributed by atoms with E-state index in [2.05, 4.69) is 64.1 Å². The summed E-state index contributed by atoms with van der Waals surface area (Å²) < 4.78 is 0. The molecule has 2 aromatic carbocycles. The van der Waals surface area contributed by atoms with Crippen LogP contribution in [-0.2, 0) is 12.8 Å². The van der Waals surface area contributed by atoms with Crippen LogP contribution in [0.25, 0.3) is 11.1 Å². The molecule has 0 heteroatoms. The number of rotatable bonds is 3. The molecule has 110 valence electrons. The highest BCUT2D eigenvalue weighted by atomic mass is 14.2. The van der Waals surface area contributed by atoms with Crippen molar-refractivity contribution >= 4 is 0 Å². The maximum Gasteiger partial charge on any atom is -0.0146 e. The first-order chi connectivity index (χ1) is 10.1. The molecule has 0 heterocycles. The van der Waals surface area contributed by atoms with Crippen LogP contribution in [0.3, 0.4) is 0 Å². The first-order valence-electron chi connectivity index (χ1n) is 8.33. The molecule has 0 N–H and O–H groups in total. The van der Waals surface area contributed by atoms with E-state index in [1.165, 1.54) is 41.5 Å². The van der Waals surface area contributed by atoms with E-state index in [0.29, 0.717) is 11.8 Å². The molecule has 1 aliphatic carbocycles. The van der Waals surface area contributed by atoms with Crippen molar-refractivity contribution in [2.45, 2.75) is 58.8 Å². The van der Waals surface area contributed by atoms with Gasteiger partial charge in [0.1, 0.15) is 0 Å². The van der Waals surface area contributed by atoms with Crippen LogP contribution < -0.4 is 0 Å². The van der Waals surface area contributed by atoms with E-state index in [9.17, 15) is 0 Å². The van der Waals surface area contributed by atoms with Gasteiger partial charge in [0, 0.05) is 0 Å². The zero-order valence-corrected chi connectivity index (χ0v) is 13.7. The highest BCUT2D eigenvalue weighted by molar-refractivity contribution is 5.71. The Kier molecular flexibility index (Phi) is 3.89. The van der Waals surface area contributed by atoms with Crippen molar-refractivity contribution in [1.82, 2.24) is 0 Å². The molecule has 0 fully saturated rings. The normalized spacial score (nSPS) is 14.0. The first-order valence-corrected chi connectivity index (χ1v) is 8.33. The fourth-order valence-corrected chi connectivity index (χ4v) is 3.72. The van der Waals surface area contributed by atoms with Gasteiger partial charge in [0.05, 0.1) is 0 Å². The fraction of sp³-hybridized carbons (Fsp3) is 0.429. The first kappa shape index (κ1) is 14.4. The number of aryl methyl sites for hydroxylation is 2. The minimum absolute atomic E-state index is 0.562. The molecule has 0 saturated heterocycles. The third kappa shape index (κ3) is 2.64. The van der Waals surface area contributed by atoms with Crippen LogP contribution in [0, 0.1) is 0 Å². The van der Waals surface area contributed by atoms with Gasteiger partial charge in [-0.3, -0.25) is 0 Å². The Bertz CT molecular complexity index is 647. The van der Waals surface area contributed by atoms with E-state index in [4.69, 9.17) is 0 Å². The van der Waals surface area contributed by atoms with Gasteiger partial charge < -0.3 is 0 Å². The summed E-state index contributed by atoms with van der Waals surface area (Å²) in [7, 11) is 0. The highest BCUT2D eigenvalue weighted by Crippen LogP contribution is 2.36. The van der Waals surface area contributed by atoms with Gasteiger partial charge in [-0.1, -0.05) is 64.1 Å². The molecule has 3 rings (SSSR count). The smallest absolute Gasteiger partial charge is 0.0146 e. The molecule has 0 saturated carbocycles. The summed E-state index contributed by atoms with van der Waals surface area (Å²) in [5.74, 6) is 1.14. The molecule has 2 aromatic rings. The molecule has 0 aliphatic heterocycles. The summed E-state index contributed by atoms with van der Waals surface area (Å²) in [4.78, 5) is 0. The zero-order valence-electron chi connectivity index (χ0n) is 13.7.